The highest BCUT2D eigenvalue weighted by Gasteiger charge is 2.32. The Morgan fingerprint density at radius 3 is 2.33 bits per heavy atom. The number of amides is 1. The number of rotatable bonds is 7. The predicted octanol–water partition coefficient (Wildman–Crippen LogP) is 4.98. The summed E-state index contributed by atoms with van der Waals surface area (Å²) in [7, 11) is 0. The summed E-state index contributed by atoms with van der Waals surface area (Å²) in [5.74, 6) is -0.501. The minimum atomic E-state index is -4.75. The Kier molecular flexibility index (Phi) is 7.75. The summed E-state index contributed by atoms with van der Waals surface area (Å²) in [6.45, 7) is 5.49. The largest absolute Gasteiger partial charge is 0.573 e. The fourth-order valence-electron chi connectivity index (χ4n) is 5.03. The third-order valence-corrected chi connectivity index (χ3v) is 7.22. The molecule has 11 heteroatoms. The van der Waals surface area contributed by atoms with E-state index < -0.39 is 6.36 Å². The number of alkyl halides is 3. The number of carbonyl (C=O) groups excluding carboxylic acids is 1. The van der Waals surface area contributed by atoms with Crippen LogP contribution >= 0.6 is 11.6 Å². The summed E-state index contributed by atoms with van der Waals surface area (Å²) in [5, 5.41) is 9.71. The lowest BCUT2D eigenvalue weighted by Gasteiger charge is -2.35. The van der Waals surface area contributed by atoms with E-state index in [1.807, 2.05) is 18.2 Å². The van der Waals surface area contributed by atoms with Gasteiger partial charge in [0.2, 0.25) is 0 Å². The SMILES string of the molecule is N#Cc1cnccc1CN1CCN(Cc2cc(Cl)c3c(c2)CN(Cc2ccc(OC(F)(F)F)cc2)C3=O)CC1. The van der Waals surface area contributed by atoms with Gasteiger partial charge in [0.05, 0.1) is 16.1 Å². The van der Waals surface area contributed by atoms with Gasteiger partial charge in [0.1, 0.15) is 11.8 Å². The average molecular weight is 556 g/mol. The summed E-state index contributed by atoms with van der Waals surface area (Å²) < 4.78 is 41.1. The first-order chi connectivity index (χ1) is 18.7. The summed E-state index contributed by atoms with van der Waals surface area (Å²) >= 11 is 6.55. The summed E-state index contributed by atoms with van der Waals surface area (Å²) in [5.41, 5.74) is 4.62. The molecule has 1 fully saturated rings. The van der Waals surface area contributed by atoms with Gasteiger partial charge in [-0.15, -0.1) is 13.2 Å². The van der Waals surface area contributed by atoms with Gasteiger partial charge in [-0.25, -0.2) is 0 Å². The monoisotopic (exact) mass is 555 g/mol. The molecule has 2 aromatic carbocycles. The molecule has 0 N–H and O–H groups in total. The lowest BCUT2D eigenvalue weighted by Crippen LogP contribution is -2.45. The number of nitriles is 1. The fourth-order valence-corrected chi connectivity index (χ4v) is 5.37. The maximum absolute atomic E-state index is 13.0. The van der Waals surface area contributed by atoms with Crippen molar-refractivity contribution in [2.75, 3.05) is 26.2 Å². The van der Waals surface area contributed by atoms with Crippen LogP contribution in [0.3, 0.4) is 0 Å². The molecule has 2 aliphatic heterocycles. The molecule has 1 aromatic heterocycles. The van der Waals surface area contributed by atoms with Crippen molar-refractivity contribution >= 4 is 17.5 Å². The van der Waals surface area contributed by atoms with E-state index in [-0.39, 0.29) is 18.2 Å². The minimum absolute atomic E-state index is 0.196. The van der Waals surface area contributed by atoms with E-state index >= 15 is 0 Å². The van der Waals surface area contributed by atoms with Crippen LogP contribution in [-0.4, -0.2) is 58.1 Å². The lowest BCUT2D eigenvalue weighted by atomic mass is 10.1. The Hall–Kier alpha value is -3.65. The number of pyridine rings is 1. The van der Waals surface area contributed by atoms with Crippen molar-refractivity contribution in [3.8, 4) is 11.8 Å². The van der Waals surface area contributed by atoms with Gasteiger partial charge in [0, 0.05) is 64.8 Å². The summed E-state index contributed by atoms with van der Waals surface area (Å²) in [6, 6.07) is 13.4. The van der Waals surface area contributed by atoms with E-state index in [2.05, 4.69) is 25.6 Å². The molecule has 0 saturated carbocycles. The molecule has 0 spiro atoms. The Bertz CT molecular complexity index is 1400. The molecule has 1 saturated heterocycles. The van der Waals surface area contributed by atoms with Crippen LogP contribution in [0.15, 0.2) is 54.9 Å². The number of piperazine rings is 1. The number of aromatic nitrogens is 1. The van der Waals surface area contributed by atoms with Gasteiger partial charge in [0.15, 0.2) is 0 Å². The zero-order valence-corrected chi connectivity index (χ0v) is 21.7. The maximum Gasteiger partial charge on any atom is 0.573 e. The highest BCUT2D eigenvalue weighted by atomic mass is 35.5. The molecular formula is C28H25ClF3N5O2. The molecule has 7 nitrogen and oxygen atoms in total. The Morgan fingerprint density at radius 2 is 1.67 bits per heavy atom. The standard InChI is InChI=1S/C28H25ClF3N5O2/c29-25-12-20(15-35-7-9-36(10-8-35)17-21-5-6-34-14-23(21)13-33)11-22-18-37(27(38)26(22)25)16-19-1-3-24(4-2-19)39-28(30,31)32/h1-6,11-12,14H,7-10,15-18H2. The first-order valence-corrected chi connectivity index (χ1v) is 12.8. The van der Waals surface area contributed by atoms with Gasteiger partial charge in [-0.2, -0.15) is 5.26 Å². The van der Waals surface area contributed by atoms with Crippen molar-refractivity contribution in [2.45, 2.75) is 32.5 Å². The number of nitrogens with zero attached hydrogens (tertiary/aromatic N) is 5. The molecule has 0 unspecified atom stereocenters. The smallest absolute Gasteiger partial charge is 0.406 e. The molecule has 1 amide bonds. The van der Waals surface area contributed by atoms with Crippen LogP contribution in [0.25, 0.3) is 0 Å². The first kappa shape index (κ1) is 26.9. The Labute approximate surface area is 229 Å². The van der Waals surface area contributed by atoms with Crippen LogP contribution in [0.5, 0.6) is 5.75 Å². The lowest BCUT2D eigenvalue weighted by molar-refractivity contribution is -0.274. The van der Waals surface area contributed by atoms with E-state index in [1.165, 1.54) is 24.3 Å². The van der Waals surface area contributed by atoms with Crippen LogP contribution in [0.2, 0.25) is 5.02 Å². The van der Waals surface area contributed by atoms with Crippen molar-refractivity contribution in [1.29, 1.82) is 5.26 Å². The van der Waals surface area contributed by atoms with E-state index in [1.54, 1.807) is 17.3 Å². The van der Waals surface area contributed by atoms with Crippen LogP contribution in [-0.2, 0) is 26.2 Å². The molecule has 0 radical (unpaired) electrons. The second kappa shape index (κ2) is 11.2. The van der Waals surface area contributed by atoms with E-state index in [4.69, 9.17) is 11.6 Å². The van der Waals surface area contributed by atoms with Crippen molar-refractivity contribution in [2.24, 2.45) is 0 Å². The Balaban J connectivity index is 1.18. The van der Waals surface area contributed by atoms with Gasteiger partial charge in [-0.1, -0.05) is 29.8 Å². The highest BCUT2D eigenvalue weighted by Crippen LogP contribution is 2.33. The van der Waals surface area contributed by atoms with Crippen molar-refractivity contribution < 1.29 is 22.7 Å². The normalized spacial score (nSPS) is 16.3. The Morgan fingerprint density at radius 1 is 0.974 bits per heavy atom. The van der Waals surface area contributed by atoms with Crippen molar-refractivity contribution in [3.63, 3.8) is 0 Å². The molecule has 5 rings (SSSR count). The van der Waals surface area contributed by atoms with Gasteiger partial charge >= 0.3 is 6.36 Å². The van der Waals surface area contributed by atoms with Gasteiger partial charge in [-0.05, 0) is 46.5 Å². The molecule has 0 atom stereocenters. The van der Waals surface area contributed by atoms with Crippen molar-refractivity contribution in [3.05, 3.63) is 93.3 Å². The van der Waals surface area contributed by atoms with Gasteiger partial charge in [-0.3, -0.25) is 19.6 Å². The van der Waals surface area contributed by atoms with Crippen LogP contribution < -0.4 is 4.74 Å². The topological polar surface area (TPSA) is 72.7 Å². The first-order valence-electron chi connectivity index (χ1n) is 12.4. The molecule has 3 aromatic rings. The number of hydrogen-bond donors (Lipinski definition) is 0. The number of halogens is 4. The summed E-state index contributed by atoms with van der Waals surface area (Å²) in [6.07, 6.45) is -1.45. The molecule has 2 aliphatic rings. The minimum Gasteiger partial charge on any atom is -0.406 e. The molecule has 0 bridgehead atoms. The van der Waals surface area contributed by atoms with Crippen LogP contribution in [0.1, 0.15) is 38.2 Å². The number of carbonyl (C=O) groups is 1. The number of hydrogen-bond acceptors (Lipinski definition) is 6. The second-order valence-electron chi connectivity index (χ2n) is 9.66. The van der Waals surface area contributed by atoms with E-state index in [9.17, 15) is 23.2 Å². The zero-order chi connectivity index (χ0) is 27.6. The van der Waals surface area contributed by atoms with E-state index in [0.717, 1.165) is 42.9 Å². The molecule has 0 aliphatic carbocycles. The average Bonchev–Trinajstić information content (AvgIpc) is 3.21. The van der Waals surface area contributed by atoms with Gasteiger partial charge in [0.25, 0.3) is 5.91 Å². The highest BCUT2D eigenvalue weighted by molar-refractivity contribution is 6.34. The molecular weight excluding hydrogens is 531 g/mol. The van der Waals surface area contributed by atoms with Crippen LogP contribution in [0.4, 0.5) is 13.2 Å². The third kappa shape index (κ3) is 6.50. The number of benzene rings is 2. The number of fused-ring (bicyclic) bond motifs is 1. The molecule has 3 heterocycles. The molecule has 39 heavy (non-hydrogen) atoms. The third-order valence-electron chi connectivity index (χ3n) is 6.92. The maximum atomic E-state index is 13.0. The number of ether oxygens (including phenoxy) is 1. The summed E-state index contributed by atoms with van der Waals surface area (Å²) in [4.78, 5) is 23.3. The fraction of sp³-hybridized carbons (Fsp3) is 0.321. The molecule has 202 valence electrons. The predicted molar refractivity (Wildman–Crippen MR) is 138 cm³/mol. The zero-order valence-electron chi connectivity index (χ0n) is 20.9. The second-order valence-corrected chi connectivity index (χ2v) is 10.1. The van der Waals surface area contributed by atoms with E-state index in [0.29, 0.717) is 41.3 Å². The van der Waals surface area contributed by atoms with Crippen LogP contribution in [0, 0.1) is 11.3 Å². The van der Waals surface area contributed by atoms with Crippen molar-refractivity contribution in [1.82, 2.24) is 19.7 Å². The quantitative estimate of drug-likeness (QED) is 0.409. The van der Waals surface area contributed by atoms with Gasteiger partial charge < -0.3 is 9.64 Å².